The van der Waals surface area contributed by atoms with E-state index in [1.807, 2.05) is 0 Å². The van der Waals surface area contributed by atoms with Gasteiger partial charge >= 0.3 is 5.97 Å². The smallest absolute Gasteiger partial charge is 0.328 e. The van der Waals surface area contributed by atoms with Gasteiger partial charge in [-0.25, -0.2) is 9.18 Å². The predicted octanol–water partition coefficient (Wildman–Crippen LogP) is 2.73. The molecule has 2 rings (SSSR count). The lowest BCUT2D eigenvalue weighted by atomic mass is 10.0. The summed E-state index contributed by atoms with van der Waals surface area (Å²) in [6.07, 6.45) is 4.20. The summed E-state index contributed by atoms with van der Waals surface area (Å²) in [4.78, 5) is 10.5. The normalized spacial score (nSPS) is 16.4. The molecule has 4 nitrogen and oxygen atoms in total. The van der Waals surface area contributed by atoms with E-state index in [1.54, 1.807) is 0 Å². The number of rotatable bonds is 5. The number of aliphatic carboxylic acids is 1. The Balaban J connectivity index is 2.03. The van der Waals surface area contributed by atoms with E-state index < -0.39 is 11.8 Å². The van der Waals surface area contributed by atoms with Gasteiger partial charge in [0.1, 0.15) is 11.6 Å². The summed E-state index contributed by atoms with van der Waals surface area (Å²) in [6.45, 7) is 2.01. The van der Waals surface area contributed by atoms with Crippen LogP contribution >= 0.6 is 0 Å². The topological polar surface area (TPSA) is 55.8 Å². The third-order valence-corrected chi connectivity index (χ3v) is 3.19. The van der Waals surface area contributed by atoms with Crippen molar-refractivity contribution in [3.05, 3.63) is 35.7 Å². The Morgan fingerprint density at radius 1 is 1.45 bits per heavy atom. The second-order valence-electron chi connectivity index (χ2n) is 4.72. The molecule has 0 atom stereocenters. The van der Waals surface area contributed by atoms with Gasteiger partial charge in [0, 0.05) is 24.9 Å². The number of ether oxygens (including phenoxy) is 2. The molecule has 0 aliphatic carbocycles. The summed E-state index contributed by atoms with van der Waals surface area (Å²) in [5.41, 5.74) is 0.430. The van der Waals surface area contributed by atoms with Crippen LogP contribution in [0.4, 0.5) is 4.39 Å². The number of carboxylic acid groups (broad SMARTS) is 1. The van der Waals surface area contributed by atoms with Crippen molar-refractivity contribution < 1.29 is 23.8 Å². The lowest BCUT2D eigenvalue weighted by molar-refractivity contribution is -0.131. The summed E-state index contributed by atoms with van der Waals surface area (Å²) < 4.78 is 24.2. The third kappa shape index (κ3) is 4.35. The standard InChI is InChI=1S/C15H17FO4/c16-13-2-3-14(12(9-13)1-4-15(17)18)20-10-11-5-7-19-8-6-11/h1-4,9,11H,5-8,10H2,(H,17,18)/b4-1+. The van der Waals surface area contributed by atoms with Crippen molar-refractivity contribution in [2.75, 3.05) is 19.8 Å². The van der Waals surface area contributed by atoms with Crippen molar-refractivity contribution in [1.29, 1.82) is 0 Å². The van der Waals surface area contributed by atoms with Crippen LogP contribution in [0.2, 0.25) is 0 Å². The second-order valence-corrected chi connectivity index (χ2v) is 4.72. The molecule has 0 bridgehead atoms. The summed E-state index contributed by atoms with van der Waals surface area (Å²) >= 11 is 0. The van der Waals surface area contributed by atoms with E-state index in [-0.39, 0.29) is 0 Å². The van der Waals surface area contributed by atoms with Crippen molar-refractivity contribution >= 4 is 12.0 Å². The highest BCUT2D eigenvalue weighted by atomic mass is 19.1. The van der Waals surface area contributed by atoms with Crippen molar-refractivity contribution in [1.82, 2.24) is 0 Å². The van der Waals surface area contributed by atoms with Crippen LogP contribution in [-0.4, -0.2) is 30.9 Å². The van der Waals surface area contributed by atoms with Crippen LogP contribution < -0.4 is 4.74 Å². The predicted molar refractivity (Wildman–Crippen MR) is 72.1 cm³/mol. The fourth-order valence-corrected chi connectivity index (χ4v) is 2.06. The number of hydrogen-bond acceptors (Lipinski definition) is 3. The quantitative estimate of drug-likeness (QED) is 0.843. The first-order valence-corrected chi connectivity index (χ1v) is 6.56. The molecular weight excluding hydrogens is 263 g/mol. The van der Waals surface area contributed by atoms with Crippen LogP contribution in [0.25, 0.3) is 6.08 Å². The first kappa shape index (κ1) is 14.5. The van der Waals surface area contributed by atoms with Gasteiger partial charge in [-0.2, -0.15) is 0 Å². The molecule has 1 fully saturated rings. The van der Waals surface area contributed by atoms with Gasteiger partial charge in [0.25, 0.3) is 0 Å². The van der Waals surface area contributed by atoms with Gasteiger partial charge in [-0.1, -0.05) is 0 Å². The van der Waals surface area contributed by atoms with E-state index in [0.717, 1.165) is 32.1 Å². The number of carboxylic acids is 1. The van der Waals surface area contributed by atoms with E-state index in [2.05, 4.69) is 0 Å². The first-order valence-electron chi connectivity index (χ1n) is 6.56. The van der Waals surface area contributed by atoms with E-state index in [9.17, 15) is 9.18 Å². The maximum Gasteiger partial charge on any atom is 0.328 e. The van der Waals surface area contributed by atoms with Crippen LogP contribution in [0, 0.1) is 11.7 Å². The van der Waals surface area contributed by atoms with Gasteiger partial charge < -0.3 is 14.6 Å². The monoisotopic (exact) mass is 280 g/mol. The van der Waals surface area contributed by atoms with Crippen molar-refractivity contribution in [3.8, 4) is 5.75 Å². The van der Waals surface area contributed by atoms with Crippen molar-refractivity contribution in [3.63, 3.8) is 0 Å². The number of carbonyl (C=O) groups is 1. The molecule has 0 aromatic heterocycles. The highest BCUT2D eigenvalue weighted by Gasteiger charge is 2.15. The lowest BCUT2D eigenvalue weighted by Crippen LogP contribution is -2.21. The van der Waals surface area contributed by atoms with Crippen LogP contribution in [0.15, 0.2) is 24.3 Å². The Morgan fingerprint density at radius 3 is 2.90 bits per heavy atom. The molecule has 108 valence electrons. The molecular formula is C15H17FO4. The zero-order chi connectivity index (χ0) is 14.4. The molecule has 20 heavy (non-hydrogen) atoms. The molecule has 1 N–H and O–H groups in total. The zero-order valence-electron chi connectivity index (χ0n) is 11.0. The molecule has 0 radical (unpaired) electrons. The summed E-state index contributed by atoms with van der Waals surface area (Å²) in [5.74, 6) is -0.585. The summed E-state index contributed by atoms with van der Waals surface area (Å²) in [5, 5.41) is 8.63. The maximum absolute atomic E-state index is 13.2. The molecule has 5 heteroatoms. The summed E-state index contributed by atoms with van der Waals surface area (Å²) in [7, 11) is 0. The molecule has 0 saturated carbocycles. The van der Waals surface area contributed by atoms with E-state index >= 15 is 0 Å². The number of benzene rings is 1. The van der Waals surface area contributed by atoms with Gasteiger partial charge in [0.05, 0.1) is 6.61 Å². The number of halogens is 1. The minimum absolute atomic E-state index is 0.421. The largest absolute Gasteiger partial charge is 0.493 e. The fourth-order valence-electron chi connectivity index (χ4n) is 2.06. The van der Waals surface area contributed by atoms with E-state index in [4.69, 9.17) is 14.6 Å². The maximum atomic E-state index is 13.2. The average molecular weight is 280 g/mol. The van der Waals surface area contributed by atoms with E-state index in [1.165, 1.54) is 24.3 Å². The highest BCUT2D eigenvalue weighted by molar-refractivity contribution is 5.85. The van der Waals surface area contributed by atoms with Gasteiger partial charge in [-0.3, -0.25) is 0 Å². The fraction of sp³-hybridized carbons (Fsp3) is 0.400. The lowest BCUT2D eigenvalue weighted by Gasteiger charge is -2.22. The average Bonchev–Trinajstić information content (AvgIpc) is 2.45. The van der Waals surface area contributed by atoms with Gasteiger partial charge in [-0.15, -0.1) is 0 Å². The zero-order valence-corrected chi connectivity index (χ0v) is 11.0. The molecule has 0 amide bonds. The van der Waals surface area contributed by atoms with E-state index in [0.29, 0.717) is 23.8 Å². The number of hydrogen-bond donors (Lipinski definition) is 1. The molecule has 1 saturated heterocycles. The molecule has 1 aliphatic heterocycles. The Bertz CT molecular complexity index is 493. The van der Waals surface area contributed by atoms with Crippen LogP contribution in [0.5, 0.6) is 5.75 Å². The molecule has 1 aromatic rings. The first-order chi connectivity index (χ1) is 9.65. The van der Waals surface area contributed by atoms with Crippen LogP contribution in [0.1, 0.15) is 18.4 Å². The Labute approximate surface area is 116 Å². The Hall–Kier alpha value is -1.88. The molecule has 1 aromatic carbocycles. The highest BCUT2D eigenvalue weighted by Crippen LogP contribution is 2.23. The van der Waals surface area contributed by atoms with Crippen LogP contribution in [0.3, 0.4) is 0 Å². The van der Waals surface area contributed by atoms with Gasteiger partial charge in [0.15, 0.2) is 0 Å². The van der Waals surface area contributed by atoms with Crippen molar-refractivity contribution in [2.45, 2.75) is 12.8 Å². The SMILES string of the molecule is O=C(O)/C=C/c1cc(F)ccc1OCC1CCOCC1. The molecule has 0 unspecified atom stereocenters. The van der Waals surface area contributed by atoms with Crippen molar-refractivity contribution in [2.24, 2.45) is 5.92 Å². The molecule has 1 aliphatic rings. The summed E-state index contributed by atoms with van der Waals surface area (Å²) in [6, 6.07) is 4.09. The minimum atomic E-state index is -1.08. The Morgan fingerprint density at radius 2 is 2.20 bits per heavy atom. The second kappa shape index (κ2) is 7.05. The Kier molecular flexibility index (Phi) is 5.12. The van der Waals surface area contributed by atoms with Gasteiger partial charge in [-0.05, 0) is 43.0 Å². The minimum Gasteiger partial charge on any atom is -0.493 e. The third-order valence-electron chi connectivity index (χ3n) is 3.19. The molecule has 1 heterocycles. The molecule has 0 spiro atoms. The van der Waals surface area contributed by atoms with Gasteiger partial charge in [0.2, 0.25) is 0 Å². The van der Waals surface area contributed by atoms with Crippen LogP contribution in [-0.2, 0) is 9.53 Å².